The number of benzene rings is 10. The lowest BCUT2D eigenvalue weighted by Crippen LogP contribution is -2.11. The fraction of sp³-hybridized carbons (Fsp3) is 0. The topological polar surface area (TPSA) is 29.5 Å². The van der Waals surface area contributed by atoms with Gasteiger partial charge in [0.05, 0.1) is 5.69 Å². The standard InChI is InChI=1S/C58H37NO2/c1-3-14-38(15-4-1)39-28-33-43(34-29-39)59(53-26-10-9-20-48(53)49-23-13-27-54-55(49)52-37-32-41-18-7-8-19-45(41)58(52)60-54)44-35-30-42(31-36-44)47-22-12-25-51-50-24-11-21-46(56(50)61-57(47)51)40-16-5-2-6-17-40/h1-37H. The number of hydrogen-bond acceptors (Lipinski definition) is 3. The summed E-state index contributed by atoms with van der Waals surface area (Å²) in [5, 5.41) is 6.73. The highest BCUT2D eigenvalue weighted by atomic mass is 16.3. The number of rotatable bonds is 7. The summed E-state index contributed by atoms with van der Waals surface area (Å²) in [7, 11) is 0. The maximum atomic E-state index is 6.82. The molecular weight excluding hydrogens is 743 g/mol. The Morgan fingerprint density at radius 1 is 0.279 bits per heavy atom. The van der Waals surface area contributed by atoms with E-state index in [1.165, 1.54) is 11.1 Å². The number of anilines is 3. The minimum Gasteiger partial charge on any atom is -0.455 e. The van der Waals surface area contributed by atoms with Gasteiger partial charge >= 0.3 is 0 Å². The zero-order chi connectivity index (χ0) is 40.3. The first-order valence-electron chi connectivity index (χ1n) is 20.7. The Morgan fingerprint density at radius 2 is 0.787 bits per heavy atom. The van der Waals surface area contributed by atoms with E-state index in [-0.39, 0.29) is 0 Å². The third-order valence-electron chi connectivity index (χ3n) is 12.1. The lowest BCUT2D eigenvalue weighted by atomic mass is 9.96. The molecule has 3 heteroatoms. The average molecular weight is 780 g/mol. The summed E-state index contributed by atoms with van der Waals surface area (Å²) in [5.41, 5.74) is 15.7. The molecule has 2 heterocycles. The van der Waals surface area contributed by atoms with E-state index in [0.29, 0.717) is 0 Å². The Kier molecular flexibility index (Phi) is 8.17. The van der Waals surface area contributed by atoms with Gasteiger partial charge in [0.25, 0.3) is 0 Å². The Labute approximate surface area is 353 Å². The van der Waals surface area contributed by atoms with Crippen LogP contribution in [-0.2, 0) is 0 Å². The van der Waals surface area contributed by atoms with E-state index in [1.54, 1.807) is 0 Å². The molecule has 3 nitrogen and oxygen atoms in total. The molecule has 286 valence electrons. The summed E-state index contributed by atoms with van der Waals surface area (Å²) in [5.74, 6) is 0. The second-order valence-electron chi connectivity index (χ2n) is 15.6. The zero-order valence-electron chi connectivity index (χ0n) is 33.1. The Balaban J connectivity index is 1.01. The fourth-order valence-electron chi connectivity index (χ4n) is 9.22. The molecule has 12 rings (SSSR count). The molecule has 61 heavy (non-hydrogen) atoms. The molecule has 10 aromatic carbocycles. The summed E-state index contributed by atoms with van der Waals surface area (Å²) in [6.45, 7) is 0. The second kappa shape index (κ2) is 14.3. The van der Waals surface area contributed by atoms with E-state index in [9.17, 15) is 0 Å². The van der Waals surface area contributed by atoms with Gasteiger partial charge in [0.1, 0.15) is 22.3 Å². The van der Waals surface area contributed by atoms with Crippen molar-refractivity contribution in [3.05, 3.63) is 224 Å². The van der Waals surface area contributed by atoms with E-state index in [1.807, 2.05) is 6.07 Å². The van der Waals surface area contributed by atoms with Crippen LogP contribution in [-0.4, -0.2) is 0 Å². The van der Waals surface area contributed by atoms with E-state index in [4.69, 9.17) is 8.83 Å². The Morgan fingerprint density at radius 3 is 1.49 bits per heavy atom. The maximum Gasteiger partial charge on any atom is 0.143 e. The van der Waals surface area contributed by atoms with Gasteiger partial charge in [-0.3, -0.25) is 0 Å². The van der Waals surface area contributed by atoms with Gasteiger partial charge in [0.15, 0.2) is 0 Å². The first-order chi connectivity index (χ1) is 30.3. The van der Waals surface area contributed by atoms with Gasteiger partial charge in [-0.1, -0.05) is 182 Å². The van der Waals surface area contributed by atoms with Crippen molar-refractivity contribution in [1.29, 1.82) is 0 Å². The molecule has 0 fully saturated rings. The predicted octanol–water partition coefficient (Wildman–Crippen LogP) is 16.8. The van der Waals surface area contributed by atoms with Crippen LogP contribution in [0.3, 0.4) is 0 Å². The molecule has 0 unspecified atom stereocenters. The lowest BCUT2D eigenvalue weighted by molar-refractivity contribution is 0.671. The number of para-hydroxylation sites is 3. The molecule has 0 aliphatic rings. The predicted molar refractivity (Wildman–Crippen MR) is 255 cm³/mol. The van der Waals surface area contributed by atoms with E-state index >= 15 is 0 Å². The minimum absolute atomic E-state index is 0.873. The first kappa shape index (κ1) is 34.9. The first-order valence-corrected chi connectivity index (χ1v) is 20.7. The highest BCUT2D eigenvalue weighted by molar-refractivity contribution is 6.20. The van der Waals surface area contributed by atoms with Crippen molar-refractivity contribution in [2.75, 3.05) is 4.90 Å². The van der Waals surface area contributed by atoms with Gasteiger partial charge in [-0.15, -0.1) is 0 Å². The van der Waals surface area contributed by atoms with Gasteiger partial charge in [-0.2, -0.15) is 0 Å². The van der Waals surface area contributed by atoms with Crippen LogP contribution in [0.1, 0.15) is 0 Å². The molecular formula is C58H37NO2. The number of nitrogens with zero attached hydrogens (tertiary/aromatic N) is 1. The van der Waals surface area contributed by atoms with Gasteiger partial charge in [-0.25, -0.2) is 0 Å². The fourth-order valence-corrected chi connectivity index (χ4v) is 9.22. The quantitative estimate of drug-likeness (QED) is 0.161. The SMILES string of the molecule is c1ccc(-c2ccc(N(c3ccc(-c4cccc5c4oc4c(-c6ccccc6)cccc45)cc3)c3ccccc3-c3cccc4oc5c6ccccc6ccc5c34)cc2)cc1. The van der Waals surface area contributed by atoms with Crippen LogP contribution >= 0.6 is 0 Å². The lowest BCUT2D eigenvalue weighted by Gasteiger charge is -2.28. The minimum atomic E-state index is 0.873. The molecule has 0 aliphatic carbocycles. The number of hydrogen-bond donors (Lipinski definition) is 0. The molecule has 0 bridgehead atoms. The van der Waals surface area contributed by atoms with Crippen molar-refractivity contribution in [3.8, 4) is 44.5 Å². The highest BCUT2D eigenvalue weighted by Crippen LogP contribution is 2.47. The molecule has 0 radical (unpaired) electrons. The van der Waals surface area contributed by atoms with Crippen molar-refractivity contribution < 1.29 is 8.83 Å². The van der Waals surface area contributed by atoms with Crippen LogP contribution < -0.4 is 4.90 Å². The van der Waals surface area contributed by atoms with E-state index in [2.05, 4.69) is 223 Å². The third-order valence-corrected chi connectivity index (χ3v) is 12.1. The van der Waals surface area contributed by atoms with Gasteiger partial charge in [0.2, 0.25) is 0 Å². The molecule has 0 saturated heterocycles. The molecule has 0 spiro atoms. The number of furan rings is 2. The van der Waals surface area contributed by atoms with Crippen LogP contribution in [0.2, 0.25) is 0 Å². The van der Waals surface area contributed by atoms with E-state index in [0.717, 1.165) is 105 Å². The maximum absolute atomic E-state index is 6.82. The zero-order valence-corrected chi connectivity index (χ0v) is 33.1. The average Bonchev–Trinajstić information content (AvgIpc) is 3.92. The summed E-state index contributed by atoms with van der Waals surface area (Å²) < 4.78 is 13.5. The second-order valence-corrected chi connectivity index (χ2v) is 15.6. The van der Waals surface area contributed by atoms with Crippen molar-refractivity contribution in [3.63, 3.8) is 0 Å². The van der Waals surface area contributed by atoms with Crippen LogP contribution in [0.15, 0.2) is 233 Å². The third kappa shape index (κ3) is 5.82. The van der Waals surface area contributed by atoms with Crippen molar-refractivity contribution in [1.82, 2.24) is 0 Å². The van der Waals surface area contributed by atoms with Crippen molar-refractivity contribution in [2.45, 2.75) is 0 Å². The van der Waals surface area contributed by atoms with Crippen LogP contribution in [0.5, 0.6) is 0 Å². The monoisotopic (exact) mass is 779 g/mol. The van der Waals surface area contributed by atoms with Crippen LogP contribution in [0, 0.1) is 0 Å². The van der Waals surface area contributed by atoms with Gasteiger partial charge < -0.3 is 13.7 Å². The summed E-state index contributed by atoms with van der Waals surface area (Å²) >= 11 is 0. The molecule has 12 aromatic rings. The van der Waals surface area contributed by atoms with Crippen LogP contribution in [0.4, 0.5) is 17.1 Å². The number of fused-ring (bicyclic) bond motifs is 8. The summed E-state index contributed by atoms with van der Waals surface area (Å²) in [6, 6.07) is 79.7. The molecule has 0 atom stereocenters. The molecule has 0 saturated carbocycles. The molecule has 2 aromatic heterocycles. The summed E-state index contributed by atoms with van der Waals surface area (Å²) in [6.07, 6.45) is 0. The van der Waals surface area contributed by atoms with Crippen molar-refractivity contribution in [2.24, 2.45) is 0 Å². The van der Waals surface area contributed by atoms with Crippen LogP contribution in [0.25, 0.3) is 99.2 Å². The molecule has 0 amide bonds. The highest BCUT2D eigenvalue weighted by Gasteiger charge is 2.22. The molecule has 0 aliphatic heterocycles. The Hall–Kier alpha value is -8.14. The van der Waals surface area contributed by atoms with E-state index < -0.39 is 0 Å². The van der Waals surface area contributed by atoms with Gasteiger partial charge in [-0.05, 0) is 75.7 Å². The smallest absolute Gasteiger partial charge is 0.143 e. The van der Waals surface area contributed by atoms with Crippen molar-refractivity contribution >= 4 is 71.7 Å². The molecule has 0 N–H and O–H groups in total. The normalized spacial score (nSPS) is 11.6. The van der Waals surface area contributed by atoms with Gasteiger partial charge in [0, 0.05) is 55.0 Å². The largest absolute Gasteiger partial charge is 0.455 e. The Bertz CT molecular complexity index is 3560. The summed E-state index contributed by atoms with van der Waals surface area (Å²) in [4.78, 5) is 2.37.